The first-order chi connectivity index (χ1) is 19.3. The number of benzene rings is 4. The molecule has 0 heterocycles. The molecule has 0 amide bonds. The Kier molecular flexibility index (Phi) is 14.4. The molecule has 0 spiro atoms. The molecule has 0 aliphatic heterocycles. The minimum absolute atomic E-state index is 0.0455. The van der Waals surface area contributed by atoms with Crippen LogP contribution in [0.25, 0.3) is 11.5 Å². The molecular weight excluding hydrogens is 582 g/mol. The van der Waals surface area contributed by atoms with Crippen molar-refractivity contribution in [3.05, 3.63) is 143 Å². The standard InChI is InChI=1S/2C16H14ClNO.O.V/c2*1-12(18-15-9-7-14(17)8-10-15)11-16(19)13-5-3-2-4-6-13;;/h2*2-11,19H,1H3;;/q;;;+2/p-2/b2*16-11-,18-12?;;. The fourth-order valence-corrected chi connectivity index (χ4v) is 3.51. The number of aliphatic imine (C=N–C) groups is 2. The van der Waals surface area contributed by atoms with E-state index < -0.39 is 0 Å². The molecule has 4 rings (SSSR count). The third-order valence-electron chi connectivity index (χ3n) is 5.06. The zero-order valence-corrected chi connectivity index (χ0v) is 24.8. The zero-order valence-electron chi connectivity index (χ0n) is 21.9. The molecule has 4 aromatic rings. The molecule has 0 aromatic heterocycles. The van der Waals surface area contributed by atoms with Crippen LogP contribution in [0.5, 0.6) is 0 Å². The summed E-state index contributed by atoms with van der Waals surface area (Å²) in [6.07, 6.45) is 3.06. The van der Waals surface area contributed by atoms with Gasteiger partial charge >= 0.3 is 21.0 Å². The Morgan fingerprint density at radius 1 is 0.575 bits per heavy atom. The van der Waals surface area contributed by atoms with Crippen LogP contribution in [0.1, 0.15) is 25.0 Å². The number of nitrogens with zero attached hydrogens (tertiary/aromatic N) is 2. The van der Waals surface area contributed by atoms with E-state index in [2.05, 4.69) is 9.98 Å². The predicted octanol–water partition coefficient (Wildman–Crippen LogP) is 7.55. The summed E-state index contributed by atoms with van der Waals surface area (Å²) >= 11 is 12.7. The van der Waals surface area contributed by atoms with Crippen LogP contribution < -0.4 is 10.2 Å². The summed E-state index contributed by atoms with van der Waals surface area (Å²) in [5.41, 5.74) is 4.20. The van der Waals surface area contributed by atoms with Crippen LogP contribution in [0.15, 0.2) is 131 Å². The fraction of sp³-hybridized carbons (Fsp3) is 0.0625. The van der Waals surface area contributed by atoms with Crippen molar-refractivity contribution in [1.82, 2.24) is 0 Å². The summed E-state index contributed by atoms with van der Waals surface area (Å²) in [6, 6.07) is 32.6. The monoisotopic (exact) mass is 607 g/mol. The van der Waals surface area contributed by atoms with Crippen LogP contribution in [-0.2, 0) is 21.0 Å². The van der Waals surface area contributed by atoms with Crippen molar-refractivity contribution >= 4 is 57.5 Å². The fourth-order valence-electron chi connectivity index (χ4n) is 3.25. The first-order valence-electron chi connectivity index (χ1n) is 12.0. The zero-order chi connectivity index (χ0) is 29.3. The van der Waals surface area contributed by atoms with E-state index in [9.17, 15) is 10.2 Å². The Morgan fingerprint density at radius 3 is 1.18 bits per heavy atom. The van der Waals surface area contributed by atoms with Gasteiger partial charge in [-0.05, 0) is 85.7 Å². The van der Waals surface area contributed by atoms with Crippen LogP contribution in [0.4, 0.5) is 11.4 Å². The van der Waals surface area contributed by atoms with Crippen molar-refractivity contribution < 1.29 is 31.3 Å². The Hall–Kier alpha value is -3.74. The Morgan fingerprint density at radius 2 is 0.875 bits per heavy atom. The van der Waals surface area contributed by atoms with Crippen LogP contribution >= 0.6 is 23.2 Å². The molecule has 0 aliphatic rings. The molecule has 0 saturated carbocycles. The number of hydrogen-bond acceptors (Lipinski definition) is 5. The third kappa shape index (κ3) is 12.0. The Bertz CT molecular complexity index is 1340. The SMILES string of the molecule is CC(/C=C(\[O-])c1ccccc1)=Nc1ccc(Cl)cc1.CC(/C=C(\[O-])c1ccccc1)=Nc1ccc(Cl)cc1.[O]=[V+2]. The molecule has 4 aromatic carbocycles. The first-order valence-corrected chi connectivity index (χ1v) is 13.3. The van der Waals surface area contributed by atoms with Crippen LogP contribution in [-0.4, -0.2) is 11.4 Å². The summed E-state index contributed by atoms with van der Waals surface area (Å²) in [4.78, 5) is 8.69. The van der Waals surface area contributed by atoms with Crippen LogP contribution in [0.3, 0.4) is 0 Å². The molecule has 0 saturated heterocycles. The summed E-state index contributed by atoms with van der Waals surface area (Å²) in [7, 11) is 0. The molecule has 0 fully saturated rings. The molecule has 0 unspecified atom stereocenters. The predicted molar refractivity (Wildman–Crippen MR) is 158 cm³/mol. The summed E-state index contributed by atoms with van der Waals surface area (Å²) in [6.45, 7) is 3.60. The number of allylic oxidation sites excluding steroid dienone is 2. The average Bonchev–Trinajstić information content (AvgIpc) is 2.98. The number of rotatable bonds is 6. The summed E-state index contributed by atoms with van der Waals surface area (Å²) in [5, 5.41) is 25.2. The van der Waals surface area contributed by atoms with E-state index in [-0.39, 0.29) is 11.5 Å². The van der Waals surface area contributed by atoms with E-state index in [1.54, 1.807) is 62.4 Å². The molecular formula is C32H26Cl2N2O3V. The van der Waals surface area contributed by atoms with Crippen molar-refractivity contribution in [3.63, 3.8) is 0 Å². The van der Waals surface area contributed by atoms with Crippen molar-refractivity contribution in [1.29, 1.82) is 0 Å². The van der Waals surface area contributed by atoms with Gasteiger partial charge in [0.05, 0.1) is 11.4 Å². The Balaban J connectivity index is 0.000000264. The first kappa shape index (κ1) is 32.5. The Labute approximate surface area is 254 Å². The van der Waals surface area contributed by atoms with E-state index >= 15 is 0 Å². The minimum atomic E-state index is -0.0455. The quantitative estimate of drug-likeness (QED) is 0.167. The van der Waals surface area contributed by atoms with Crippen molar-refractivity contribution in [3.8, 4) is 0 Å². The maximum absolute atomic E-state index is 11.9. The van der Waals surface area contributed by atoms with Crippen LogP contribution in [0.2, 0.25) is 10.0 Å². The van der Waals surface area contributed by atoms with E-state index in [4.69, 9.17) is 26.9 Å². The normalized spacial score (nSPS) is 12.1. The second kappa shape index (κ2) is 17.8. The second-order valence-corrected chi connectivity index (χ2v) is 9.08. The topological polar surface area (TPSA) is 87.9 Å². The van der Waals surface area contributed by atoms with Gasteiger partial charge in [-0.1, -0.05) is 95.4 Å². The van der Waals surface area contributed by atoms with Crippen LogP contribution in [0, 0.1) is 0 Å². The molecule has 0 atom stereocenters. The van der Waals surface area contributed by atoms with E-state index in [0.29, 0.717) is 32.6 Å². The summed E-state index contributed by atoms with van der Waals surface area (Å²) < 4.78 is 8.19. The van der Waals surface area contributed by atoms with Gasteiger partial charge in [0, 0.05) is 21.5 Å². The third-order valence-corrected chi connectivity index (χ3v) is 5.56. The van der Waals surface area contributed by atoms with E-state index in [1.807, 2.05) is 60.7 Å². The summed E-state index contributed by atoms with van der Waals surface area (Å²) in [5.74, 6) is -0.0911. The number of halogens is 2. The maximum atomic E-state index is 11.9. The molecule has 0 bridgehead atoms. The molecule has 0 N–H and O–H groups in total. The van der Waals surface area contributed by atoms with E-state index in [0.717, 1.165) is 28.7 Å². The van der Waals surface area contributed by atoms with Gasteiger partial charge in [-0.15, -0.1) is 0 Å². The van der Waals surface area contributed by atoms with Gasteiger partial charge in [0.25, 0.3) is 0 Å². The second-order valence-electron chi connectivity index (χ2n) is 8.21. The number of hydrogen-bond donors (Lipinski definition) is 0. The molecule has 8 heteroatoms. The van der Waals surface area contributed by atoms with Gasteiger partial charge < -0.3 is 10.2 Å². The molecule has 0 aliphatic carbocycles. The molecule has 40 heavy (non-hydrogen) atoms. The van der Waals surface area contributed by atoms with Gasteiger partial charge in [0.2, 0.25) is 0 Å². The van der Waals surface area contributed by atoms with Crippen molar-refractivity contribution in [2.45, 2.75) is 13.8 Å². The molecule has 5 nitrogen and oxygen atoms in total. The van der Waals surface area contributed by atoms with Gasteiger partial charge in [0.1, 0.15) is 0 Å². The molecule has 0 radical (unpaired) electrons. The average molecular weight is 608 g/mol. The van der Waals surface area contributed by atoms with Gasteiger partial charge in [-0.2, -0.15) is 0 Å². The molecule has 201 valence electrons. The van der Waals surface area contributed by atoms with Gasteiger partial charge in [0.15, 0.2) is 0 Å². The van der Waals surface area contributed by atoms with Crippen molar-refractivity contribution in [2.24, 2.45) is 9.98 Å². The van der Waals surface area contributed by atoms with Gasteiger partial charge in [-0.3, -0.25) is 9.98 Å². The van der Waals surface area contributed by atoms with Crippen molar-refractivity contribution in [2.75, 3.05) is 0 Å². The van der Waals surface area contributed by atoms with Gasteiger partial charge in [-0.25, -0.2) is 0 Å². The van der Waals surface area contributed by atoms with E-state index in [1.165, 1.54) is 12.2 Å².